The van der Waals surface area contributed by atoms with Gasteiger partial charge in [0.2, 0.25) is 11.0 Å². The molecule has 5 rings (SSSR count). The van der Waals surface area contributed by atoms with Crippen LogP contribution in [-0.4, -0.2) is 64.8 Å². The maximum atomic E-state index is 14.7. The van der Waals surface area contributed by atoms with Crippen molar-refractivity contribution in [3.63, 3.8) is 0 Å². The lowest BCUT2D eigenvalue weighted by molar-refractivity contribution is -0.152. The van der Waals surface area contributed by atoms with Crippen LogP contribution in [0.1, 0.15) is 6.92 Å². The van der Waals surface area contributed by atoms with Gasteiger partial charge in [0.25, 0.3) is 0 Å². The van der Waals surface area contributed by atoms with E-state index in [2.05, 4.69) is 13.2 Å². The second-order valence-corrected chi connectivity index (χ2v) is 15.8. The number of β-lactam (4-membered cyclic amide) rings is 1. The summed E-state index contributed by atoms with van der Waals surface area (Å²) in [6.07, 6.45) is 0.813. The Labute approximate surface area is 301 Å². The summed E-state index contributed by atoms with van der Waals surface area (Å²) >= 11 is 0.832. The highest BCUT2D eigenvalue weighted by molar-refractivity contribution is 8.14. The van der Waals surface area contributed by atoms with Gasteiger partial charge in [0.05, 0.1) is 0 Å². The molecule has 0 unspecified atom stereocenters. The molecule has 0 aliphatic carbocycles. The van der Waals surface area contributed by atoms with Crippen molar-refractivity contribution >= 4 is 63.1 Å². The molecular formula is C40H38NO8PS. The van der Waals surface area contributed by atoms with E-state index in [1.54, 1.807) is 31.2 Å². The predicted octanol–water partition coefficient (Wildman–Crippen LogP) is 5.69. The standard InChI is InChI=1S/C40H38NO8PS/c1-4-26-46-39(44)37(50(31-20-12-7-13-21-31,32-22-14-8-15-23-32)33-24-16-9-17-25-33)41-36(43)35(29(3)49-40(45)47-27-5-2)38(41)51-34(42)28-48-30-18-10-6-11-19-30/h4-25,29,35,38H,1-2,26-28H2,3H3/t29-,35+,38-/m1/s1. The lowest BCUT2D eigenvalue weighted by Crippen LogP contribution is -2.67. The number of nitrogens with zero attached hydrogens (tertiary/aromatic N) is 1. The molecule has 0 spiro atoms. The van der Waals surface area contributed by atoms with Gasteiger partial charge in [0.15, 0.2) is 6.61 Å². The van der Waals surface area contributed by atoms with Gasteiger partial charge in [-0.3, -0.25) is 14.5 Å². The Morgan fingerprint density at radius 3 is 1.73 bits per heavy atom. The van der Waals surface area contributed by atoms with E-state index in [1.165, 1.54) is 17.1 Å². The van der Waals surface area contributed by atoms with E-state index >= 15 is 0 Å². The van der Waals surface area contributed by atoms with Gasteiger partial charge in [-0.1, -0.05) is 146 Å². The third-order valence-electron chi connectivity index (χ3n) is 8.03. The quantitative estimate of drug-likeness (QED) is 0.0662. The monoisotopic (exact) mass is 723 g/mol. The van der Waals surface area contributed by atoms with Crippen molar-refractivity contribution in [1.82, 2.24) is 4.90 Å². The van der Waals surface area contributed by atoms with Gasteiger partial charge >= 0.3 is 12.1 Å². The van der Waals surface area contributed by atoms with Crippen molar-refractivity contribution in [3.05, 3.63) is 147 Å². The van der Waals surface area contributed by atoms with E-state index in [-0.39, 0.29) is 25.2 Å². The number of amides is 1. The van der Waals surface area contributed by atoms with Gasteiger partial charge in [-0.25, -0.2) is 9.59 Å². The van der Waals surface area contributed by atoms with Crippen molar-refractivity contribution < 1.29 is 38.1 Å². The number of carbonyl (C=O) groups is 4. The van der Waals surface area contributed by atoms with Gasteiger partial charge in [-0.2, -0.15) is 0 Å². The minimum Gasteiger partial charge on any atom is -0.485 e. The Morgan fingerprint density at radius 1 is 0.765 bits per heavy atom. The van der Waals surface area contributed by atoms with Crippen LogP contribution in [0, 0.1) is 5.92 Å². The highest BCUT2D eigenvalue weighted by Gasteiger charge is 2.57. The second-order valence-electron chi connectivity index (χ2n) is 11.3. The van der Waals surface area contributed by atoms with Gasteiger partial charge in [-0.15, -0.1) is 0 Å². The van der Waals surface area contributed by atoms with E-state index < -0.39 is 47.4 Å². The third-order valence-corrected chi connectivity index (χ3v) is 13.4. The molecule has 9 nitrogen and oxygen atoms in total. The molecule has 1 saturated heterocycles. The number of para-hydroxylation sites is 1. The zero-order valence-corrected chi connectivity index (χ0v) is 29.7. The topological polar surface area (TPSA) is 108 Å². The fourth-order valence-electron chi connectivity index (χ4n) is 5.85. The first-order valence-electron chi connectivity index (χ1n) is 16.2. The Bertz CT molecular complexity index is 1800. The van der Waals surface area contributed by atoms with Crippen molar-refractivity contribution in [2.75, 3.05) is 19.8 Å². The number of hydrogen-bond donors (Lipinski definition) is 0. The molecule has 11 heteroatoms. The maximum Gasteiger partial charge on any atom is 0.508 e. The predicted molar refractivity (Wildman–Crippen MR) is 202 cm³/mol. The molecule has 262 valence electrons. The maximum absolute atomic E-state index is 14.7. The SMILES string of the molecule is C=CCOC(=O)O[C@H](C)[C@H]1C(=O)N(C(C(=O)OCC=C)=P(c2ccccc2)(c2ccccc2)c2ccccc2)[C@@H]1SC(=O)COc1ccccc1. The van der Waals surface area contributed by atoms with Crippen LogP contribution in [-0.2, 0) is 28.6 Å². The molecule has 0 aromatic heterocycles. The molecule has 0 radical (unpaired) electrons. The molecule has 1 heterocycles. The van der Waals surface area contributed by atoms with E-state index in [9.17, 15) is 19.2 Å². The van der Waals surface area contributed by atoms with Crippen molar-refractivity contribution in [1.29, 1.82) is 0 Å². The summed E-state index contributed by atoms with van der Waals surface area (Å²) in [7, 11) is 0. The molecule has 1 fully saturated rings. The summed E-state index contributed by atoms with van der Waals surface area (Å²) in [6, 6.07) is 37.3. The molecule has 1 aliphatic rings. The molecule has 51 heavy (non-hydrogen) atoms. The lowest BCUT2D eigenvalue weighted by Gasteiger charge is -2.50. The zero-order valence-electron chi connectivity index (χ0n) is 28.0. The average molecular weight is 724 g/mol. The van der Waals surface area contributed by atoms with Gasteiger partial charge < -0.3 is 18.9 Å². The molecule has 3 atom stereocenters. The van der Waals surface area contributed by atoms with Crippen LogP contribution >= 0.6 is 18.6 Å². The van der Waals surface area contributed by atoms with E-state index in [4.69, 9.17) is 18.9 Å². The summed E-state index contributed by atoms with van der Waals surface area (Å²) in [4.78, 5) is 56.8. The van der Waals surface area contributed by atoms with Crippen molar-refractivity contribution in [2.24, 2.45) is 5.92 Å². The van der Waals surface area contributed by atoms with Crippen molar-refractivity contribution in [3.8, 4) is 5.75 Å². The first-order valence-corrected chi connectivity index (χ1v) is 18.9. The Kier molecular flexibility index (Phi) is 12.7. The van der Waals surface area contributed by atoms with E-state index in [0.29, 0.717) is 5.75 Å². The number of carbonyl (C=O) groups excluding carboxylic acids is 4. The minimum atomic E-state index is -3.25. The third kappa shape index (κ3) is 8.20. The van der Waals surface area contributed by atoms with E-state index in [1.807, 2.05) is 97.1 Å². The van der Waals surface area contributed by atoms with Crippen LogP contribution in [0.5, 0.6) is 5.75 Å². The summed E-state index contributed by atoms with van der Waals surface area (Å²) in [5.74, 6) is -1.80. The first kappa shape index (κ1) is 37.0. The van der Waals surface area contributed by atoms with Crippen LogP contribution < -0.4 is 20.7 Å². The lowest BCUT2D eigenvalue weighted by atomic mass is 9.92. The number of esters is 1. The Hall–Kier alpha value is -5.31. The van der Waals surface area contributed by atoms with Crippen LogP contribution in [0.25, 0.3) is 0 Å². The Morgan fingerprint density at radius 2 is 1.24 bits per heavy atom. The molecule has 1 amide bonds. The van der Waals surface area contributed by atoms with Gasteiger partial charge in [0.1, 0.15) is 41.8 Å². The summed E-state index contributed by atoms with van der Waals surface area (Å²) in [6.45, 7) is 5.04. The van der Waals surface area contributed by atoms with Crippen molar-refractivity contribution in [2.45, 2.75) is 18.4 Å². The molecule has 4 aromatic rings. The largest absolute Gasteiger partial charge is 0.508 e. The van der Waals surface area contributed by atoms with Crippen LogP contribution in [0.2, 0.25) is 0 Å². The number of benzene rings is 4. The highest BCUT2D eigenvalue weighted by Crippen LogP contribution is 2.51. The number of likely N-dealkylation sites (tertiary alicyclic amines) is 1. The van der Waals surface area contributed by atoms with Crippen LogP contribution in [0.4, 0.5) is 4.79 Å². The second kappa shape index (κ2) is 17.6. The number of rotatable bonds is 15. The average Bonchev–Trinajstić information content (AvgIpc) is 3.16. The van der Waals surface area contributed by atoms with E-state index in [0.717, 1.165) is 27.7 Å². The summed E-state index contributed by atoms with van der Waals surface area (Å²) < 4.78 is 22.1. The number of thioether (sulfide) groups is 1. The minimum absolute atomic E-state index is 0.0740. The summed E-state index contributed by atoms with van der Waals surface area (Å²) in [5, 5.41) is 0.944. The smallest absolute Gasteiger partial charge is 0.485 e. The molecular weight excluding hydrogens is 685 g/mol. The first-order chi connectivity index (χ1) is 24.8. The highest BCUT2D eigenvalue weighted by atomic mass is 32.2. The van der Waals surface area contributed by atoms with Crippen LogP contribution in [0.3, 0.4) is 0 Å². The van der Waals surface area contributed by atoms with Gasteiger partial charge in [0, 0.05) is 6.89 Å². The van der Waals surface area contributed by atoms with Crippen LogP contribution in [0.15, 0.2) is 147 Å². The molecule has 4 aromatic carbocycles. The van der Waals surface area contributed by atoms with Gasteiger partial charge in [-0.05, 0) is 35.0 Å². The Balaban J connectivity index is 1.74. The molecule has 0 saturated carbocycles. The molecule has 1 aliphatic heterocycles. The fraction of sp³-hybridized carbons (Fsp3) is 0.175. The molecule has 0 N–H and O–H groups in total. The number of hydrogen-bond acceptors (Lipinski definition) is 9. The zero-order chi connectivity index (χ0) is 36.2. The number of ether oxygens (including phenoxy) is 4. The normalized spacial score (nSPS) is 15.8. The summed E-state index contributed by atoms with van der Waals surface area (Å²) in [5.41, 5.74) is 0.0740. The fourth-order valence-corrected chi connectivity index (χ4v) is 11.5. The molecule has 0 bridgehead atoms.